The molecule has 0 saturated carbocycles. The Morgan fingerprint density at radius 2 is 1.00 bits per heavy atom. The van der Waals surface area contributed by atoms with Gasteiger partial charge in [-0.2, -0.15) is 0 Å². The first kappa shape index (κ1) is 25.4. The summed E-state index contributed by atoms with van der Waals surface area (Å²) in [5.41, 5.74) is 7.13. The van der Waals surface area contributed by atoms with Gasteiger partial charge in [0.2, 0.25) is 5.82 Å². The predicted molar refractivity (Wildman–Crippen MR) is 166 cm³/mol. The summed E-state index contributed by atoms with van der Waals surface area (Å²) in [6.45, 7) is 1.96. The Morgan fingerprint density at radius 3 is 1.52 bits per heavy atom. The van der Waals surface area contributed by atoms with Gasteiger partial charge in [-0.1, -0.05) is 146 Å². The Balaban J connectivity index is 1.45. The summed E-state index contributed by atoms with van der Waals surface area (Å²) in [4.78, 5) is 8.40. The van der Waals surface area contributed by atoms with E-state index in [-0.39, 0.29) is 0 Å². The van der Waals surface area contributed by atoms with Crippen LogP contribution in [0.3, 0.4) is 0 Å². The normalized spacial score (nSPS) is 11.5. The molecular weight excluding hydrogens is 516 g/mol. The maximum atomic E-state index is 4.92. The molecule has 2 heterocycles. The van der Waals surface area contributed by atoms with E-state index in [9.17, 15) is 0 Å². The van der Waals surface area contributed by atoms with Crippen LogP contribution in [0.2, 0.25) is 0 Å². The van der Waals surface area contributed by atoms with Crippen molar-refractivity contribution in [3.05, 3.63) is 168 Å². The molecule has 0 aliphatic carbocycles. The number of aromatic amines is 1. The molecule has 42 heavy (non-hydrogen) atoms. The molecule has 6 heteroatoms. The molecule has 0 saturated heterocycles. The zero-order valence-corrected chi connectivity index (χ0v) is 23.1. The van der Waals surface area contributed by atoms with Gasteiger partial charge in [-0.25, -0.2) is 9.67 Å². The van der Waals surface area contributed by atoms with Crippen LogP contribution in [0.1, 0.15) is 22.5 Å². The van der Waals surface area contributed by atoms with Gasteiger partial charge in [0.25, 0.3) is 0 Å². The smallest absolute Gasteiger partial charge is 0.202 e. The van der Waals surface area contributed by atoms with E-state index in [1.54, 1.807) is 0 Å². The van der Waals surface area contributed by atoms with Gasteiger partial charge < -0.3 is 4.98 Å². The van der Waals surface area contributed by atoms with Crippen molar-refractivity contribution in [1.29, 1.82) is 0 Å². The minimum absolute atomic E-state index is 0.592. The van der Waals surface area contributed by atoms with E-state index < -0.39 is 5.54 Å². The zero-order chi connectivity index (χ0) is 28.4. The number of H-pyrrole nitrogens is 1. The predicted octanol–water partition coefficient (Wildman–Crippen LogP) is 7.55. The number of hydrogen-bond donors (Lipinski definition) is 1. The van der Waals surface area contributed by atoms with Gasteiger partial charge in [0.1, 0.15) is 17.1 Å². The van der Waals surface area contributed by atoms with Crippen LogP contribution in [0.5, 0.6) is 0 Å². The summed E-state index contributed by atoms with van der Waals surface area (Å²) in [6.07, 6.45) is 0. The Hall–Kier alpha value is -5.62. The molecule has 0 spiro atoms. The molecule has 7 aromatic rings. The number of imidazole rings is 1. The van der Waals surface area contributed by atoms with Crippen LogP contribution in [0.25, 0.3) is 33.9 Å². The van der Waals surface area contributed by atoms with Crippen LogP contribution in [0.4, 0.5) is 0 Å². The van der Waals surface area contributed by atoms with E-state index >= 15 is 0 Å². The van der Waals surface area contributed by atoms with Crippen LogP contribution >= 0.6 is 0 Å². The van der Waals surface area contributed by atoms with Crippen LogP contribution in [0, 0.1) is 6.92 Å². The second kappa shape index (κ2) is 10.7. The summed E-state index contributed by atoms with van der Waals surface area (Å²) in [7, 11) is 0. The van der Waals surface area contributed by atoms with Crippen molar-refractivity contribution in [3.63, 3.8) is 0 Å². The molecule has 7 rings (SSSR count). The standard InChI is InChI=1S/C36H28N6/c1-26-37-33(29-24-22-28(23-25-29)27-14-6-2-7-15-27)34(38-26)35-39-40-41-42(35)36(30-16-8-3-9-17-30,31-18-10-4-11-19-31)32-20-12-5-13-21-32/h2-25H,1H3,(H,37,38). The Kier molecular flexibility index (Phi) is 6.49. The lowest BCUT2D eigenvalue weighted by Gasteiger charge is -2.36. The van der Waals surface area contributed by atoms with Crippen molar-refractivity contribution in [3.8, 4) is 33.9 Å². The molecule has 0 aliphatic heterocycles. The summed E-state index contributed by atoms with van der Waals surface area (Å²) in [5, 5.41) is 13.6. The second-order valence-corrected chi connectivity index (χ2v) is 10.2. The van der Waals surface area contributed by atoms with Crippen molar-refractivity contribution in [1.82, 2.24) is 30.2 Å². The van der Waals surface area contributed by atoms with Crippen molar-refractivity contribution in [2.45, 2.75) is 12.5 Å². The fourth-order valence-electron chi connectivity index (χ4n) is 5.79. The van der Waals surface area contributed by atoms with Gasteiger partial charge in [-0.05, 0) is 45.2 Å². The number of tetrazole rings is 1. The fraction of sp³-hybridized carbons (Fsp3) is 0.0556. The molecule has 0 aliphatic rings. The Morgan fingerprint density at radius 1 is 0.548 bits per heavy atom. The van der Waals surface area contributed by atoms with Crippen molar-refractivity contribution in [2.24, 2.45) is 0 Å². The average Bonchev–Trinajstić information content (AvgIpc) is 3.71. The van der Waals surface area contributed by atoms with Crippen molar-refractivity contribution in [2.75, 3.05) is 0 Å². The molecule has 1 N–H and O–H groups in total. The maximum absolute atomic E-state index is 4.92. The Labute approximate surface area is 244 Å². The number of aromatic nitrogens is 6. The van der Waals surface area contributed by atoms with Crippen molar-refractivity contribution >= 4 is 0 Å². The first-order valence-corrected chi connectivity index (χ1v) is 13.9. The lowest BCUT2D eigenvalue weighted by Crippen LogP contribution is -2.39. The van der Waals surface area contributed by atoms with E-state index in [1.165, 1.54) is 5.56 Å². The van der Waals surface area contributed by atoms with Gasteiger partial charge >= 0.3 is 0 Å². The lowest BCUT2D eigenvalue weighted by molar-refractivity contribution is 0.451. The van der Waals surface area contributed by atoms with Gasteiger partial charge in [-0.15, -0.1) is 5.10 Å². The first-order valence-electron chi connectivity index (χ1n) is 13.9. The number of nitrogens with one attached hydrogen (secondary N) is 1. The molecule has 5 aromatic carbocycles. The van der Waals surface area contributed by atoms with Gasteiger partial charge in [0.15, 0.2) is 0 Å². The van der Waals surface area contributed by atoms with E-state index in [0.29, 0.717) is 5.82 Å². The minimum Gasteiger partial charge on any atom is -0.339 e. The van der Waals surface area contributed by atoms with E-state index in [1.807, 2.05) is 35.9 Å². The third-order valence-electron chi connectivity index (χ3n) is 7.67. The summed E-state index contributed by atoms with van der Waals surface area (Å²) in [5.74, 6) is 1.38. The number of rotatable bonds is 7. The monoisotopic (exact) mass is 544 g/mol. The minimum atomic E-state index is -0.851. The molecule has 0 atom stereocenters. The summed E-state index contributed by atoms with van der Waals surface area (Å²) in [6, 6.07) is 50.0. The third kappa shape index (κ3) is 4.30. The van der Waals surface area contributed by atoms with Crippen LogP contribution in [-0.4, -0.2) is 30.2 Å². The molecule has 202 valence electrons. The first-order chi connectivity index (χ1) is 20.7. The highest BCUT2D eigenvalue weighted by Gasteiger charge is 2.42. The maximum Gasteiger partial charge on any atom is 0.202 e. The highest BCUT2D eigenvalue weighted by Crippen LogP contribution is 2.43. The molecule has 0 amide bonds. The number of benzene rings is 5. The van der Waals surface area contributed by atoms with Gasteiger partial charge in [0.05, 0.1) is 5.69 Å². The summed E-state index contributed by atoms with van der Waals surface area (Å²) < 4.78 is 1.93. The number of nitrogens with zero attached hydrogens (tertiary/aromatic N) is 5. The molecule has 2 aromatic heterocycles. The largest absolute Gasteiger partial charge is 0.339 e. The van der Waals surface area contributed by atoms with Crippen LogP contribution in [0.15, 0.2) is 146 Å². The zero-order valence-electron chi connectivity index (χ0n) is 23.1. The molecule has 0 bridgehead atoms. The molecule has 0 unspecified atom stereocenters. The van der Waals surface area contributed by atoms with Crippen molar-refractivity contribution < 1.29 is 0 Å². The SMILES string of the molecule is Cc1nc(-c2ccc(-c3ccccc3)cc2)c(-c2nnnn2C(c2ccccc2)(c2ccccc2)c2ccccc2)[nH]1. The molecule has 0 fully saturated rings. The quantitative estimate of drug-likeness (QED) is 0.210. The second-order valence-electron chi connectivity index (χ2n) is 10.2. The number of hydrogen-bond acceptors (Lipinski definition) is 4. The van der Waals surface area contributed by atoms with Crippen LogP contribution in [-0.2, 0) is 5.54 Å². The third-order valence-corrected chi connectivity index (χ3v) is 7.67. The average molecular weight is 545 g/mol. The molecular formula is C36H28N6. The number of aryl methyl sites for hydroxylation is 1. The lowest BCUT2D eigenvalue weighted by atomic mass is 9.77. The summed E-state index contributed by atoms with van der Waals surface area (Å²) >= 11 is 0. The molecule has 6 nitrogen and oxygen atoms in total. The topological polar surface area (TPSA) is 72.3 Å². The van der Waals surface area contributed by atoms with Crippen LogP contribution < -0.4 is 0 Å². The van der Waals surface area contributed by atoms with Gasteiger partial charge in [-0.3, -0.25) is 0 Å². The van der Waals surface area contributed by atoms with E-state index in [2.05, 4.69) is 137 Å². The van der Waals surface area contributed by atoms with E-state index in [0.717, 1.165) is 45.0 Å². The highest BCUT2D eigenvalue weighted by molar-refractivity contribution is 5.77. The highest BCUT2D eigenvalue weighted by atomic mass is 15.6. The van der Waals surface area contributed by atoms with Gasteiger partial charge in [0, 0.05) is 5.56 Å². The van der Waals surface area contributed by atoms with E-state index in [4.69, 9.17) is 10.2 Å². The fourth-order valence-corrected chi connectivity index (χ4v) is 5.79. The molecule has 0 radical (unpaired) electrons. The Bertz CT molecular complexity index is 1810.